The van der Waals surface area contributed by atoms with E-state index in [-0.39, 0.29) is 11.7 Å². The van der Waals surface area contributed by atoms with E-state index in [4.69, 9.17) is 11.2 Å². The van der Waals surface area contributed by atoms with E-state index in [1.165, 1.54) is 12.1 Å². The van der Waals surface area contributed by atoms with E-state index in [0.29, 0.717) is 6.42 Å². The molecule has 2 heteroatoms. The first-order valence-electron chi connectivity index (χ1n) is 5.49. The Morgan fingerprint density at radius 3 is 2.81 bits per heavy atom. The molecule has 0 saturated carbocycles. The molecule has 0 aliphatic carbocycles. The maximum Gasteiger partial charge on any atom is 0.123 e. The lowest BCUT2D eigenvalue weighted by molar-refractivity contribution is 0.402. The van der Waals surface area contributed by atoms with E-state index in [0.717, 1.165) is 24.2 Å². The summed E-state index contributed by atoms with van der Waals surface area (Å²) in [5.74, 6) is 3.30. The summed E-state index contributed by atoms with van der Waals surface area (Å²) in [6.45, 7) is 2.09. The van der Waals surface area contributed by atoms with E-state index in [1.807, 2.05) is 0 Å². The standard InChI is InChI=1S/C14H17FO/c1-4-6-11(7-5-2)13-10-12(15)8-9-14(13)16-3/h1,8-11H,5-7H2,2-3H3. The number of hydrogen-bond acceptors (Lipinski definition) is 1. The van der Waals surface area contributed by atoms with Crippen LogP contribution in [0.3, 0.4) is 0 Å². The molecule has 0 spiro atoms. The first-order valence-corrected chi connectivity index (χ1v) is 5.49. The lowest BCUT2D eigenvalue weighted by Gasteiger charge is -2.17. The van der Waals surface area contributed by atoms with Crippen LogP contribution in [0.1, 0.15) is 37.7 Å². The van der Waals surface area contributed by atoms with Gasteiger partial charge in [0, 0.05) is 12.0 Å². The van der Waals surface area contributed by atoms with E-state index < -0.39 is 0 Å². The summed E-state index contributed by atoms with van der Waals surface area (Å²) in [7, 11) is 1.59. The minimum absolute atomic E-state index is 0.181. The van der Waals surface area contributed by atoms with Gasteiger partial charge >= 0.3 is 0 Å². The molecular formula is C14H17FO. The minimum Gasteiger partial charge on any atom is -0.496 e. The smallest absolute Gasteiger partial charge is 0.123 e. The summed E-state index contributed by atoms with van der Waals surface area (Å²) in [6.07, 6.45) is 7.93. The zero-order chi connectivity index (χ0) is 12.0. The van der Waals surface area contributed by atoms with Crippen molar-refractivity contribution in [2.75, 3.05) is 7.11 Å². The van der Waals surface area contributed by atoms with Crippen LogP contribution in [-0.4, -0.2) is 7.11 Å². The van der Waals surface area contributed by atoms with Gasteiger partial charge in [-0.15, -0.1) is 12.3 Å². The molecule has 16 heavy (non-hydrogen) atoms. The van der Waals surface area contributed by atoms with Gasteiger partial charge in [-0.05, 0) is 30.5 Å². The van der Waals surface area contributed by atoms with Crippen LogP contribution < -0.4 is 4.74 Å². The van der Waals surface area contributed by atoms with Crippen LogP contribution in [0.25, 0.3) is 0 Å². The zero-order valence-electron chi connectivity index (χ0n) is 9.79. The molecule has 0 radical (unpaired) electrons. The molecule has 0 saturated heterocycles. The highest BCUT2D eigenvalue weighted by atomic mass is 19.1. The van der Waals surface area contributed by atoms with Crippen molar-refractivity contribution in [2.45, 2.75) is 32.1 Å². The largest absolute Gasteiger partial charge is 0.496 e. The Kier molecular flexibility index (Phi) is 4.85. The topological polar surface area (TPSA) is 9.23 Å². The first-order chi connectivity index (χ1) is 7.72. The molecule has 0 amide bonds. The third kappa shape index (κ3) is 3.00. The Morgan fingerprint density at radius 2 is 2.25 bits per heavy atom. The minimum atomic E-state index is -0.242. The van der Waals surface area contributed by atoms with E-state index in [2.05, 4.69) is 12.8 Å². The molecule has 1 aromatic rings. The second-order valence-electron chi connectivity index (χ2n) is 3.78. The van der Waals surface area contributed by atoms with Gasteiger partial charge in [0.05, 0.1) is 7.11 Å². The van der Waals surface area contributed by atoms with Crippen molar-refractivity contribution in [3.63, 3.8) is 0 Å². The molecule has 0 aliphatic heterocycles. The molecule has 0 aliphatic rings. The molecule has 0 aromatic heterocycles. The van der Waals surface area contributed by atoms with Crippen LogP contribution in [-0.2, 0) is 0 Å². The second kappa shape index (κ2) is 6.17. The molecule has 0 N–H and O–H groups in total. The summed E-state index contributed by atoms with van der Waals surface area (Å²) in [5.41, 5.74) is 0.877. The Bertz CT molecular complexity index is 379. The molecule has 0 heterocycles. The predicted octanol–water partition coefficient (Wildman–Crippen LogP) is 3.74. The third-order valence-electron chi connectivity index (χ3n) is 2.63. The number of benzene rings is 1. The molecule has 86 valence electrons. The lowest BCUT2D eigenvalue weighted by atomic mass is 9.91. The maximum absolute atomic E-state index is 13.2. The maximum atomic E-state index is 13.2. The SMILES string of the molecule is C#CCC(CCC)c1cc(F)ccc1OC. The van der Waals surface area contributed by atoms with Crippen LogP contribution in [0.5, 0.6) is 5.75 Å². The van der Waals surface area contributed by atoms with Gasteiger partial charge < -0.3 is 4.74 Å². The first kappa shape index (κ1) is 12.6. The summed E-state index contributed by atoms with van der Waals surface area (Å²) >= 11 is 0. The molecule has 1 atom stereocenters. The van der Waals surface area contributed by atoms with Crippen LogP contribution in [0, 0.1) is 18.2 Å². The lowest BCUT2D eigenvalue weighted by Crippen LogP contribution is -2.01. The van der Waals surface area contributed by atoms with Gasteiger partial charge in [-0.3, -0.25) is 0 Å². The Labute approximate surface area is 96.6 Å². The van der Waals surface area contributed by atoms with Crippen molar-refractivity contribution < 1.29 is 9.13 Å². The number of hydrogen-bond donors (Lipinski definition) is 0. The summed E-state index contributed by atoms with van der Waals surface area (Å²) in [5, 5.41) is 0. The fourth-order valence-electron chi connectivity index (χ4n) is 1.88. The molecule has 0 fully saturated rings. The predicted molar refractivity (Wildman–Crippen MR) is 64.1 cm³/mol. The van der Waals surface area contributed by atoms with Crippen LogP contribution in [0.4, 0.5) is 4.39 Å². The van der Waals surface area contributed by atoms with E-state index in [1.54, 1.807) is 13.2 Å². The van der Waals surface area contributed by atoms with Crippen molar-refractivity contribution >= 4 is 0 Å². The highest BCUT2D eigenvalue weighted by Crippen LogP contribution is 2.32. The van der Waals surface area contributed by atoms with Gasteiger partial charge in [0.1, 0.15) is 11.6 Å². The van der Waals surface area contributed by atoms with Crippen molar-refractivity contribution in [3.05, 3.63) is 29.6 Å². The van der Waals surface area contributed by atoms with Gasteiger partial charge in [-0.25, -0.2) is 4.39 Å². The fraction of sp³-hybridized carbons (Fsp3) is 0.429. The normalized spacial score (nSPS) is 11.9. The number of halogens is 1. The number of terminal acetylenes is 1. The average Bonchev–Trinajstić information content (AvgIpc) is 2.29. The van der Waals surface area contributed by atoms with E-state index in [9.17, 15) is 4.39 Å². The highest BCUT2D eigenvalue weighted by molar-refractivity contribution is 5.37. The van der Waals surface area contributed by atoms with Gasteiger partial charge in [0.25, 0.3) is 0 Å². The summed E-state index contributed by atoms with van der Waals surface area (Å²) in [4.78, 5) is 0. The molecule has 1 unspecified atom stereocenters. The molecule has 1 nitrogen and oxygen atoms in total. The van der Waals surface area contributed by atoms with Crippen molar-refractivity contribution in [2.24, 2.45) is 0 Å². The number of ether oxygens (including phenoxy) is 1. The van der Waals surface area contributed by atoms with Crippen LogP contribution >= 0.6 is 0 Å². The van der Waals surface area contributed by atoms with Crippen LogP contribution in [0.15, 0.2) is 18.2 Å². The summed E-state index contributed by atoms with van der Waals surface area (Å²) < 4.78 is 18.5. The monoisotopic (exact) mass is 220 g/mol. The Hall–Kier alpha value is -1.49. The van der Waals surface area contributed by atoms with E-state index >= 15 is 0 Å². The van der Waals surface area contributed by atoms with Crippen molar-refractivity contribution in [1.82, 2.24) is 0 Å². The summed E-state index contributed by atoms with van der Waals surface area (Å²) in [6, 6.07) is 4.58. The van der Waals surface area contributed by atoms with Gasteiger partial charge in [0.15, 0.2) is 0 Å². The van der Waals surface area contributed by atoms with Gasteiger partial charge in [0.2, 0.25) is 0 Å². The average molecular weight is 220 g/mol. The Balaban J connectivity index is 3.06. The molecular weight excluding hydrogens is 203 g/mol. The van der Waals surface area contributed by atoms with Gasteiger partial charge in [-0.1, -0.05) is 13.3 Å². The second-order valence-corrected chi connectivity index (χ2v) is 3.78. The number of rotatable bonds is 5. The number of methoxy groups -OCH3 is 1. The third-order valence-corrected chi connectivity index (χ3v) is 2.63. The molecule has 1 rings (SSSR count). The highest BCUT2D eigenvalue weighted by Gasteiger charge is 2.15. The van der Waals surface area contributed by atoms with Crippen molar-refractivity contribution in [1.29, 1.82) is 0 Å². The fourth-order valence-corrected chi connectivity index (χ4v) is 1.88. The molecule has 1 aromatic carbocycles. The molecule has 0 bridgehead atoms. The van der Waals surface area contributed by atoms with Crippen LogP contribution in [0.2, 0.25) is 0 Å². The quantitative estimate of drug-likeness (QED) is 0.687. The Morgan fingerprint density at radius 1 is 1.50 bits per heavy atom. The zero-order valence-corrected chi connectivity index (χ0v) is 9.79. The van der Waals surface area contributed by atoms with Crippen molar-refractivity contribution in [3.8, 4) is 18.1 Å². The van der Waals surface area contributed by atoms with Gasteiger partial charge in [-0.2, -0.15) is 0 Å².